The molecule has 4 heterocycles. The minimum atomic E-state index is -0.716. The predicted molar refractivity (Wildman–Crippen MR) is 122 cm³/mol. The fraction of sp³-hybridized carbons (Fsp3) is 0.200. The number of amides is 2. The minimum absolute atomic E-state index is 0.0625. The lowest BCUT2D eigenvalue weighted by Gasteiger charge is -2.46. The van der Waals surface area contributed by atoms with Gasteiger partial charge in [-0.2, -0.15) is 0 Å². The second kappa shape index (κ2) is 7.58. The molecule has 2 amide bonds. The van der Waals surface area contributed by atoms with Crippen LogP contribution in [0.2, 0.25) is 0 Å². The van der Waals surface area contributed by atoms with Gasteiger partial charge in [-0.05, 0) is 29.3 Å². The molecule has 4 aromatic rings. The van der Waals surface area contributed by atoms with Crippen LogP contribution in [0.1, 0.15) is 28.6 Å². The van der Waals surface area contributed by atoms with Gasteiger partial charge in [0.1, 0.15) is 18.3 Å². The number of carbonyl (C=O) groups is 2. The molecule has 2 aliphatic rings. The van der Waals surface area contributed by atoms with E-state index >= 15 is 0 Å². The van der Waals surface area contributed by atoms with Crippen molar-refractivity contribution in [3.63, 3.8) is 0 Å². The van der Waals surface area contributed by atoms with E-state index in [1.165, 1.54) is 23.3 Å². The number of para-hydroxylation sites is 1. The molecule has 0 aliphatic carbocycles. The number of non-ortho nitro benzene ring substituents is 1. The summed E-state index contributed by atoms with van der Waals surface area (Å²) in [6.45, 7) is 0.126. The van der Waals surface area contributed by atoms with Gasteiger partial charge in [-0.1, -0.05) is 30.3 Å². The molecule has 0 bridgehead atoms. The van der Waals surface area contributed by atoms with Crippen molar-refractivity contribution in [3.05, 3.63) is 99.6 Å². The zero-order valence-corrected chi connectivity index (χ0v) is 18.0. The summed E-state index contributed by atoms with van der Waals surface area (Å²) < 4.78 is 5.40. The van der Waals surface area contributed by atoms with E-state index in [0.717, 1.165) is 22.2 Å². The monoisotopic (exact) mass is 456 g/mol. The maximum Gasteiger partial charge on any atom is 0.269 e. The number of hydrogen-bond donors (Lipinski definition) is 1. The maximum absolute atomic E-state index is 13.6. The second-order valence-electron chi connectivity index (χ2n) is 8.61. The Morgan fingerprint density at radius 1 is 1.09 bits per heavy atom. The number of fused-ring (bicyclic) bond motifs is 4. The number of nitro groups is 1. The normalized spacial score (nSPS) is 19.9. The van der Waals surface area contributed by atoms with Gasteiger partial charge in [-0.15, -0.1) is 0 Å². The van der Waals surface area contributed by atoms with Crippen LogP contribution in [-0.2, 0) is 22.6 Å². The Balaban J connectivity index is 1.49. The van der Waals surface area contributed by atoms with Crippen molar-refractivity contribution in [3.8, 4) is 0 Å². The molecule has 0 spiro atoms. The van der Waals surface area contributed by atoms with Crippen LogP contribution in [0.25, 0.3) is 10.9 Å². The van der Waals surface area contributed by atoms with Crippen molar-refractivity contribution in [1.82, 2.24) is 14.8 Å². The number of aromatic nitrogens is 1. The zero-order valence-electron chi connectivity index (χ0n) is 18.0. The number of benzene rings is 2. The molecule has 9 nitrogen and oxygen atoms in total. The van der Waals surface area contributed by atoms with Gasteiger partial charge in [-0.3, -0.25) is 19.7 Å². The maximum atomic E-state index is 13.6. The Bertz CT molecular complexity index is 1440. The fourth-order valence-electron chi connectivity index (χ4n) is 5.20. The lowest BCUT2D eigenvalue weighted by molar-refractivity contribution is -0.384. The number of rotatable bonds is 4. The van der Waals surface area contributed by atoms with Crippen molar-refractivity contribution in [2.75, 3.05) is 6.54 Å². The Hall–Kier alpha value is -4.40. The molecule has 2 aliphatic heterocycles. The summed E-state index contributed by atoms with van der Waals surface area (Å²) in [6, 6.07) is 16.2. The quantitative estimate of drug-likeness (QED) is 0.373. The van der Waals surface area contributed by atoms with Gasteiger partial charge in [-0.25, -0.2) is 0 Å². The van der Waals surface area contributed by atoms with E-state index in [4.69, 9.17) is 4.42 Å². The molecule has 1 unspecified atom stereocenters. The van der Waals surface area contributed by atoms with Crippen molar-refractivity contribution < 1.29 is 18.9 Å². The van der Waals surface area contributed by atoms with Crippen molar-refractivity contribution in [1.29, 1.82) is 0 Å². The summed E-state index contributed by atoms with van der Waals surface area (Å²) in [6.07, 6.45) is 1.90. The number of carbonyl (C=O) groups excluding carboxylic acids is 2. The van der Waals surface area contributed by atoms with Crippen molar-refractivity contribution >= 4 is 28.4 Å². The van der Waals surface area contributed by atoms with E-state index in [0.29, 0.717) is 17.7 Å². The molecule has 1 saturated heterocycles. The highest BCUT2D eigenvalue weighted by Crippen LogP contribution is 2.43. The van der Waals surface area contributed by atoms with E-state index < -0.39 is 17.0 Å². The molecule has 0 radical (unpaired) electrons. The molecule has 34 heavy (non-hydrogen) atoms. The highest BCUT2D eigenvalue weighted by Gasteiger charge is 2.48. The van der Waals surface area contributed by atoms with Gasteiger partial charge in [0.25, 0.3) is 5.69 Å². The van der Waals surface area contributed by atoms with Gasteiger partial charge < -0.3 is 19.2 Å². The minimum Gasteiger partial charge on any atom is -0.467 e. The third-order valence-electron chi connectivity index (χ3n) is 6.67. The predicted octanol–water partition coefficient (Wildman–Crippen LogP) is 3.55. The first-order chi connectivity index (χ1) is 16.5. The summed E-state index contributed by atoms with van der Waals surface area (Å²) in [5.41, 5.74) is 3.17. The summed E-state index contributed by atoms with van der Waals surface area (Å²) >= 11 is 0. The average molecular weight is 456 g/mol. The largest absolute Gasteiger partial charge is 0.467 e. The van der Waals surface area contributed by atoms with E-state index in [1.54, 1.807) is 29.2 Å². The van der Waals surface area contributed by atoms with E-state index in [1.807, 2.05) is 24.3 Å². The molecular weight excluding hydrogens is 436 g/mol. The number of nitrogens with one attached hydrogen (secondary N) is 1. The molecule has 6 rings (SSSR count). The molecule has 0 saturated carbocycles. The molecular formula is C25H20N4O5. The lowest BCUT2D eigenvalue weighted by Crippen LogP contribution is -2.62. The third-order valence-corrected chi connectivity index (χ3v) is 6.67. The molecule has 170 valence electrons. The smallest absolute Gasteiger partial charge is 0.269 e. The van der Waals surface area contributed by atoms with Crippen LogP contribution in [0.15, 0.2) is 71.3 Å². The number of H-pyrrole nitrogens is 1. The van der Waals surface area contributed by atoms with Gasteiger partial charge >= 0.3 is 0 Å². The Labute approximate surface area is 193 Å². The van der Waals surface area contributed by atoms with Gasteiger partial charge in [0.05, 0.1) is 23.8 Å². The van der Waals surface area contributed by atoms with Crippen LogP contribution < -0.4 is 0 Å². The first-order valence-electron chi connectivity index (χ1n) is 11.0. The van der Waals surface area contributed by atoms with E-state index in [-0.39, 0.29) is 30.6 Å². The molecule has 1 N–H and O–H groups in total. The Morgan fingerprint density at radius 3 is 2.74 bits per heavy atom. The van der Waals surface area contributed by atoms with Crippen LogP contribution in [0, 0.1) is 10.1 Å². The molecule has 2 atom stereocenters. The van der Waals surface area contributed by atoms with Gasteiger partial charge in [0.2, 0.25) is 11.8 Å². The summed E-state index contributed by atoms with van der Waals surface area (Å²) in [4.78, 5) is 44.7. The summed E-state index contributed by atoms with van der Waals surface area (Å²) in [5.74, 6) is 0.229. The lowest BCUT2D eigenvalue weighted by atomic mass is 9.86. The van der Waals surface area contributed by atoms with E-state index in [9.17, 15) is 19.7 Å². The zero-order chi connectivity index (χ0) is 23.4. The molecule has 2 aromatic carbocycles. The van der Waals surface area contributed by atoms with Gasteiger partial charge in [0, 0.05) is 35.2 Å². The third kappa shape index (κ3) is 3.08. The van der Waals surface area contributed by atoms with Crippen LogP contribution in [0.3, 0.4) is 0 Å². The van der Waals surface area contributed by atoms with Crippen LogP contribution in [-0.4, -0.2) is 44.1 Å². The van der Waals surface area contributed by atoms with Crippen molar-refractivity contribution in [2.24, 2.45) is 0 Å². The van der Waals surface area contributed by atoms with Gasteiger partial charge in [0.15, 0.2) is 0 Å². The van der Waals surface area contributed by atoms with Crippen LogP contribution in [0.4, 0.5) is 5.69 Å². The Kier molecular flexibility index (Phi) is 4.51. The first kappa shape index (κ1) is 20.2. The molecule has 9 heteroatoms. The fourth-order valence-corrected chi connectivity index (χ4v) is 5.20. The number of aromatic amines is 1. The number of hydrogen-bond acceptors (Lipinski definition) is 5. The molecule has 2 aromatic heterocycles. The highest BCUT2D eigenvalue weighted by atomic mass is 16.6. The van der Waals surface area contributed by atoms with Crippen molar-refractivity contribution in [2.45, 2.75) is 25.0 Å². The number of piperazine rings is 1. The average Bonchev–Trinajstić information content (AvgIpc) is 3.48. The topological polar surface area (TPSA) is 113 Å². The van der Waals surface area contributed by atoms with Crippen LogP contribution >= 0.6 is 0 Å². The number of nitrogens with zero attached hydrogens (tertiary/aromatic N) is 3. The molecule has 1 fully saturated rings. The van der Waals surface area contributed by atoms with E-state index in [2.05, 4.69) is 4.98 Å². The summed E-state index contributed by atoms with van der Waals surface area (Å²) in [7, 11) is 0. The second-order valence-corrected chi connectivity index (χ2v) is 8.61. The number of nitro benzene ring substituents is 1. The SMILES string of the molecule is O=C1[C@H]2Cc3c([nH]c4ccccc34)C(c3cccc([N+](=O)[O-])c3)N2C(=O)CN1Cc1ccco1. The summed E-state index contributed by atoms with van der Waals surface area (Å²) in [5, 5.41) is 12.4. The standard InChI is InChI=1S/C25H20N4O5/c30-22-14-27(13-17-7-4-10-34-17)25(31)21-12-19-18-8-1-2-9-20(18)26-23(19)24(28(21)22)15-5-3-6-16(11-15)29(32)33/h1-11,21,24,26H,12-14H2/t21-,24?/m1/s1. The number of furan rings is 1. The first-order valence-corrected chi connectivity index (χ1v) is 11.0. The highest BCUT2D eigenvalue weighted by molar-refractivity contribution is 5.97. The van der Waals surface area contributed by atoms with Crippen LogP contribution in [0.5, 0.6) is 0 Å². The Morgan fingerprint density at radius 2 is 1.94 bits per heavy atom.